The SMILES string of the molecule is C=C(F)C(F)(F)OC(F)(C(F)(F)F)C(F)(F)OC(C)(F)C(F)(F)F.C=C(F)C(F)(F)OC(F)(C(F)(F)F)C(F)(F)OC(F)(CC)C(F)(F)F.C=C(F)C(F)(F)OC(F)(C(F)(F)F)C(F)(F)OC(F)(CC)C(F)(F)F.C=C(F)C(F)(F)OC(F)(C(F)(F)F)C(F)(F)OCC(F)(F)F.C=C(F)C(F)(F)OC(F)(CC)C(F)(F)F.C=C(F)C(F)(F)OCC(F)(F)F.CF.CF. The van der Waals surface area contributed by atoms with Gasteiger partial charge >= 0.3 is 170 Å². The summed E-state index contributed by atoms with van der Waals surface area (Å²) in [5, 5.41) is 0. The van der Waals surface area contributed by atoms with E-state index >= 15 is 0 Å². The molecular formula is C51H40F66O10. The summed E-state index contributed by atoms with van der Waals surface area (Å²) >= 11 is 0. The molecule has 76 heteroatoms. The zero-order chi connectivity index (χ0) is 106. The zero-order valence-electron chi connectivity index (χ0n) is 59.8. The summed E-state index contributed by atoms with van der Waals surface area (Å²) < 4.78 is 837. The van der Waals surface area contributed by atoms with Crippen LogP contribution in [0.5, 0.6) is 0 Å². The third-order valence-corrected chi connectivity index (χ3v) is 11.1. The van der Waals surface area contributed by atoms with Crippen LogP contribution < -0.4 is 0 Å². The van der Waals surface area contributed by atoms with E-state index in [1.54, 1.807) is 26.3 Å². The van der Waals surface area contributed by atoms with E-state index in [2.05, 4.69) is 41.6 Å². The quantitative estimate of drug-likeness (QED) is 0.0592. The standard InChI is InChI=1S/2C10H7F13O2.C9H5F13O2.C8H4F12O2.C7H7F7O.C5H4F6O.2CH3F/c2*1-3-5(12,8(16,17)18)24-10(22,23)7(15,9(19,20)21)25-6(13,14)4(2)11;1-3(10)5(12,13)24-6(14,8(18,19)20)9(21,22)23-4(2,11)7(15,16)17;1-3(9)5(13,14)22-6(15,7(16,17)18)8(19,20)21-2-4(10,11)12;1-3-5(9,7(12,13)14)15-6(10,11)4(2)8;1-3(6)5(10,11)12-2-4(7,8)9;2*1-2/h2*2-3H2,1H3;1H2,2H3;1-2H2;2-3H2,1H3;1-2H2;2*1H3. The molecule has 766 valence electrons. The Morgan fingerprint density at radius 3 is 0.504 bits per heavy atom. The molecule has 0 heterocycles. The molecule has 8 unspecified atom stereocenters. The molecule has 0 aromatic rings. The molecule has 0 aliphatic heterocycles. The van der Waals surface area contributed by atoms with Gasteiger partial charge in [0, 0.05) is 26.2 Å². The highest BCUT2D eigenvalue weighted by atomic mass is 19.5. The normalized spacial score (nSPS) is 17.7. The molecule has 0 saturated carbocycles. The first-order valence-corrected chi connectivity index (χ1v) is 28.1. The van der Waals surface area contributed by atoms with Gasteiger partial charge < -0.3 is 9.47 Å². The third kappa shape index (κ3) is 37.9. The van der Waals surface area contributed by atoms with Crippen LogP contribution in [-0.4, -0.2) is 197 Å². The molecule has 0 saturated heterocycles. The van der Waals surface area contributed by atoms with E-state index in [1.165, 1.54) is 0 Å². The fourth-order valence-electron chi connectivity index (χ4n) is 4.73. The van der Waals surface area contributed by atoms with Gasteiger partial charge in [0.05, 0.1) is 14.4 Å². The van der Waals surface area contributed by atoms with Gasteiger partial charge in [-0.1, -0.05) is 60.2 Å². The van der Waals surface area contributed by atoms with E-state index in [9.17, 15) is 290 Å². The summed E-state index contributed by atoms with van der Waals surface area (Å²) in [6.45, 7) is 5.65. The van der Waals surface area contributed by atoms with Gasteiger partial charge in [0.2, 0.25) is 0 Å². The molecule has 127 heavy (non-hydrogen) atoms. The molecule has 0 aromatic heterocycles. The largest absolute Gasteiger partial charge is 0.458 e. The van der Waals surface area contributed by atoms with Crippen LogP contribution in [0, 0.1) is 0 Å². The van der Waals surface area contributed by atoms with Gasteiger partial charge in [0.25, 0.3) is 0 Å². The molecule has 0 radical (unpaired) electrons. The highest BCUT2D eigenvalue weighted by Gasteiger charge is 2.84. The second kappa shape index (κ2) is 44.3. The van der Waals surface area contributed by atoms with Gasteiger partial charge in [0.15, 0.2) is 35.0 Å². The fraction of sp³-hybridized carbons (Fsp3) is 0.765. The highest BCUT2D eigenvalue weighted by Crippen LogP contribution is 2.59. The van der Waals surface area contributed by atoms with Crippen LogP contribution in [0.3, 0.4) is 0 Å². The number of halogens is 66. The Hall–Kier alpha value is -6.58. The Kier molecular flexibility index (Phi) is 47.4. The number of ether oxygens (including phenoxy) is 10. The van der Waals surface area contributed by atoms with E-state index in [4.69, 9.17) is 0 Å². The van der Waals surface area contributed by atoms with Crippen molar-refractivity contribution < 1.29 is 337 Å². The van der Waals surface area contributed by atoms with Crippen LogP contribution in [0.4, 0.5) is 290 Å². The lowest BCUT2D eigenvalue weighted by Crippen LogP contribution is -2.64. The minimum atomic E-state index is -7.21. The predicted octanol–water partition coefficient (Wildman–Crippen LogP) is 28.3. The van der Waals surface area contributed by atoms with Gasteiger partial charge in [-0.05, 0) is 0 Å². The smallest absolute Gasteiger partial charge is 0.306 e. The average Bonchev–Trinajstić information content (AvgIpc) is 0.745. The average molecular weight is 2070 g/mol. The lowest BCUT2D eigenvalue weighted by Gasteiger charge is -2.38. The van der Waals surface area contributed by atoms with Crippen LogP contribution in [0.1, 0.15) is 47.0 Å². The Morgan fingerprint density at radius 1 is 0.197 bits per heavy atom. The molecule has 10 nitrogen and oxygen atoms in total. The number of hydrogen-bond donors (Lipinski definition) is 0. The van der Waals surface area contributed by atoms with Crippen molar-refractivity contribution in [3.8, 4) is 0 Å². The summed E-state index contributed by atoms with van der Waals surface area (Å²) in [5.41, 5.74) is 0. The van der Waals surface area contributed by atoms with Gasteiger partial charge in [-0.15, -0.1) is 0 Å². The van der Waals surface area contributed by atoms with Gasteiger partial charge in [-0.3, -0.25) is 46.7 Å². The first-order chi connectivity index (χ1) is 54.4. The molecule has 0 bridgehead atoms. The van der Waals surface area contributed by atoms with Crippen molar-refractivity contribution in [2.45, 2.75) is 217 Å². The number of rotatable bonds is 33. The maximum Gasteiger partial charge on any atom is 0.458 e. The second-order valence-electron chi connectivity index (χ2n) is 20.7. The maximum atomic E-state index is 13.5. The predicted molar refractivity (Wildman–Crippen MR) is 273 cm³/mol. The van der Waals surface area contributed by atoms with Crippen molar-refractivity contribution >= 4 is 0 Å². The van der Waals surface area contributed by atoms with Gasteiger partial charge in [-0.2, -0.15) is 237 Å². The van der Waals surface area contributed by atoms with Crippen molar-refractivity contribution in [3.63, 3.8) is 0 Å². The van der Waals surface area contributed by atoms with Crippen LogP contribution in [0.2, 0.25) is 0 Å². The van der Waals surface area contributed by atoms with Crippen molar-refractivity contribution in [1.29, 1.82) is 0 Å². The molecular weight excluding hydrogens is 2030 g/mol. The molecule has 0 fully saturated rings. The Bertz CT molecular complexity index is 3320. The zero-order valence-corrected chi connectivity index (χ0v) is 59.8. The minimum absolute atomic E-state index is 0.163. The Morgan fingerprint density at radius 2 is 0.354 bits per heavy atom. The molecule has 0 N–H and O–H groups in total. The summed E-state index contributed by atoms with van der Waals surface area (Å²) in [4.78, 5) is 0. The molecule has 0 aliphatic carbocycles. The van der Waals surface area contributed by atoms with E-state index < -0.39 is 244 Å². The first-order valence-electron chi connectivity index (χ1n) is 28.1. The van der Waals surface area contributed by atoms with Gasteiger partial charge in [-0.25, -0.2) is 43.9 Å². The van der Waals surface area contributed by atoms with E-state index in [0.717, 1.165) is 0 Å². The minimum Gasteiger partial charge on any atom is -0.306 e. The van der Waals surface area contributed by atoms with Crippen molar-refractivity contribution in [2.24, 2.45) is 0 Å². The second-order valence-corrected chi connectivity index (χ2v) is 20.7. The summed E-state index contributed by atoms with van der Waals surface area (Å²) in [6, 6.07) is 0. The lowest BCUT2D eigenvalue weighted by molar-refractivity contribution is -0.527. The Labute approximate surface area is 656 Å². The summed E-state index contributed by atoms with van der Waals surface area (Å²) in [6.07, 6.45) is -131. The monoisotopic (exact) mass is 2070 g/mol. The van der Waals surface area contributed by atoms with Crippen molar-refractivity contribution in [1.82, 2.24) is 0 Å². The van der Waals surface area contributed by atoms with E-state index in [0.29, 0.717) is 21.3 Å². The van der Waals surface area contributed by atoms with E-state index in [-0.39, 0.29) is 13.8 Å². The third-order valence-electron chi connectivity index (χ3n) is 11.1. The van der Waals surface area contributed by atoms with Crippen LogP contribution in [0.25, 0.3) is 0 Å². The van der Waals surface area contributed by atoms with E-state index in [1.807, 2.05) is 18.9 Å². The maximum absolute atomic E-state index is 13.5. The molecule has 0 aromatic carbocycles. The Balaban J connectivity index is -0.000000224. The summed E-state index contributed by atoms with van der Waals surface area (Å²) in [5.74, 6) is -66.9. The molecule has 0 amide bonds. The number of hydrogen-bond acceptors (Lipinski definition) is 10. The van der Waals surface area contributed by atoms with Crippen LogP contribution >= 0.6 is 0 Å². The highest BCUT2D eigenvalue weighted by molar-refractivity contribution is 5.02. The van der Waals surface area contributed by atoms with Crippen LogP contribution in [0.15, 0.2) is 74.4 Å². The molecule has 0 spiro atoms. The summed E-state index contributed by atoms with van der Waals surface area (Å²) in [7, 11) is 1.00. The fourth-order valence-corrected chi connectivity index (χ4v) is 4.73. The molecule has 0 aliphatic rings. The van der Waals surface area contributed by atoms with Crippen molar-refractivity contribution in [2.75, 3.05) is 27.6 Å². The van der Waals surface area contributed by atoms with Crippen LogP contribution in [-0.2, 0) is 47.4 Å². The molecule has 0 rings (SSSR count). The topological polar surface area (TPSA) is 92.3 Å². The molecule has 8 atom stereocenters. The number of alkyl halides is 60. The first kappa shape index (κ1) is 136. The lowest BCUT2D eigenvalue weighted by atomic mass is 10.2. The van der Waals surface area contributed by atoms with Gasteiger partial charge in [0.1, 0.15) is 13.2 Å². The van der Waals surface area contributed by atoms with Crippen molar-refractivity contribution in [3.05, 3.63) is 74.4 Å².